The van der Waals surface area contributed by atoms with Crippen molar-refractivity contribution in [2.24, 2.45) is 0 Å². The highest BCUT2D eigenvalue weighted by Gasteiger charge is 2.19. The number of aryl methyl sites for hydroxylation is 1. The summed E-state index contributed by atoms with van der Waals surface area (Å²) in [6.07, 6.45) is 4.24. The van der Waals surface area contributed by atoms with Crippen LogP contribution < -0.4 is 10.2 Å². The number of nitrogens with one attached hydrogen (secondary N) is 1. The van der Waals surface area contributed by atoms with Crippen LogP contribution in [-0.4, -0.2) is 12.5 Å². The summed E-state index contributed by atoms with van der Waals surface area (Å²) in [5.74, 6) is 0. The van der Waals surface area contributed by atoms with Gasteiger partial charge in [-0.05, 0) is 30.2 Å². The first kappa shape index (κ1) is 14.5. The van der Waals surface area contributed by atoms with E-state index >= 15 is 0 Å². The third-order valence-corrected chi connectivity index (χ3v) is 4.04. The highest BCUT2D eigenvalue weighted by Crippen LogP contribution is 2.32. The summed E-state index contributed by atoms with van der Waals surface area (Å²) in [5, 5.41) is 3.32. The average Bonchev–Trinajstić information content (AvgIpc) is 2.57. The van der Waals surface area contributed by atoms with Crippen LogP contribution in [0.1, 0.15) is 16.7 Å². The van der Waals surface area contributed by atoms with Gasteiger partial charge in [-0.3, -0.25) is 0 Å². The van der Waals surface area contributed by atoms with Crippen LogP contribution >= 0.6 is 12.2 Å². The number of rotatable bonds is 3. The van der Waals surface area contributed by atoms with Crippen LogP contribution in [0.2, 0.25) is 0 Å². The van der Waals surface area contributed by atoms with E-state index in [2.05, 4.69) is 65.7 Å². The highest BCUT2D eigenvalue weighted by molar-refractivity contribution is 7.79. The van der Waals surface area contributed by atoms with E-state index in [0.29, 0.717) is 0 Å². The van der Waals surface area contributed by atoms with Gasteiger partial charge < -0.3 is 10.2 Å². The number of nitrogens with zero attached hydrogens (tertiary/aromatic N) is 1. The summed E-state index contributed by atoms with van der Waals surface area (Å²) in [7, 11) is 1.94. The second-order valence-electron chi connectivity index (χ2n) is 5.24. The van der Waals surface area contributed by atoms with E-state index in [1.807, 2.05) is 19.2 Å². The second-order valence-corrected chi connectivity index (χ2v) is 5.45. The molecule has 2 aromatic carbocycles. The molecule has 3 heteroatoms. The summed E-state index contributed by atoms with van der Waals surface area (Å²) >= 11 is 5.27. The Hall–Kier alpha value is -2.39. The van der Waals surface area contributed by atoms with Crippen LogP contribution in [0.25, 0.3) is 11.8 Å². The maximum atomic E-state index is 5.27. The van der Waals surface area contributed by atoms with Gasteiger partial charge in [0.25, 0.3) is 0 Å². The Balaban J connectivity index is 2.16. The third kappa shape index (κ3) is 2.55. The minimum absolute atomic E-state index is 1.06. The molecule has 3 rings (SSSR count). The minimum atomic E-state index is 1.06. The molecule has 0 bridgehead atoms. The van der Waals surface area contributed by atoms with Crippen molar-refractivity contribution in [3.8, 4) is 0 Å². The minimum Gasteiger partial charge on any atom is -0.386 e. The molecule has 1 aliphatic rings. The van der Waals surface area contributed by atoms with Gasteiger partial charge in [0.2, 0.25) is 0 Å². The van der Waals surface area contributed by atoms with Crippen LogP contribution in [0.4, 0.5) is 5.69 Å². The van der Waals surface area contributed by atoms with Crippen LogP contribution in [0, 0.1) is 6.92 Å². The van der Waals surface area contributed by atoms with Crippen molar-refractivity contribution in [2.75, 3.05) is 11.9 Å². The topological polar surface area (TPSA) is 15.3 Å². The van der Waals surface area contributed by atoms with Crippen LogP contribution in [0.15, 0.2) is 60.3 Å². The predicted octanol–water partition coefficient (Wildman–Crippen LogP) is 4.37. The fraction of sp³-hybridized carbons (Fsp3) is 0.105. The highest BCUT2D eigenvalue weighted by atomic mass is 32.1. The molecule has 1 aliphatic heterocycles. The summed E-state index contributed by atoms with van der Waals surface area (Å²) < 4.78 is 0. The number of anilines is 1. The Morgan fingerprint density at radius 3 is 2.45 bits per heavy atom. The Morgan fingerprint density at radius 2 is 1.77 bits per heavy atom. The molecule has 0 amide bonds. The summed E-state index contributed by atoms with van der Waals surface area (Å²) in [6, 6.07) is 16.8. The molecule has 0 aliphatic carbocycles. The van der Waals surface area contributed by atoms with Crippen molar-refractivity contribution in [1.29, 1.82) is 0 Å². The molecule has 0 unspecified atom stereocenters. The smallest absolute Gasteiger partial charge is 0.0733 e. The van der Waals surface area contributed by atoms with Crippen molar-refractivity contribution in [1.82, 2.24) is 5.32 Å². The SMILES string of the molecule is CN/C(=C1/C=Cc2ccccc2N1C=S)c1ccc(C)cc1. The number of hydrogen-bond acceptors (Lipinski definition) is 2. The van der Waals surface area contributed by atoms with Crippen molar-refractivity contribution < 1.29 is 0 Å². The van der Waals surface area contributed by atoms with Crippen LogP contribution in [0.5, 0.6) is 0 Å². The molecule has 0 saturated heterocycles. The Kier molecular flexibility index (Phi) is 4.07. The standard InChI is InChI=1S/C19H18N2S/c1-14-7-9-16(10-8-14)19(20-2)18-12-11-15-5-3-4-6-17(15)21(18)13-22/h3-13,20H,1-2H3/b19-18-. The van der Waals surface area contributed by atoms with E-state index in [-0.39, 0.29) is 0 Å². The van der Waals surface area contributed by atoms with E-state index in [1.165, 1.54) is 11.1 Å². The molecule has 0 atom stereocenters. The van der Waals surface area contributed by atoms with Crippen molar-refractivity contribution in [3.63, 3.8) is 0 Å². The number of fused-ring (bicyclic) bond motifs is 1. The maximum absolute atomic E-state index is 5.27. The number of hydrogen-bond donors (Lipinski definition) is 1. The zero-order valence-corrected chi connectivity index (χ0v) is 13.5. The summed E-state index contributed by atoms with van der Waals surface area (Å²) in [6.45, 7) is 2.09. The lowest BCUT2D eigenvalue weighted by Crippen LogP contribution is -2.25. The molecule has 0 spiro atoms. The third-order valence-electron chi connectivity index (χ3n) is 3.83. The van der Waals surface area contributed by atoms with E-state index < -0.39 is 0 Å². The molecular formula is C19H18N2S. The number of thiocarbonyl (C=S) groups is 1. The molecule has 0 aromatic heterocycles. The van der Waals surface area contributed by atoms with Crippen LogP contribution in [0.3, 0.4) is 0 Å². The van der Waals surface area contributed by atoms with Gasteiger partial charge in [0.05, 0.1) is 22.6 Å². The molecule has 0 fully saturated rings. The van der Waals surface area contributed by atoms with E-state index in [9.17, 15) is 0 Å². The van der Waals surface area contributed by atoms with Gasteiger partial charge in [0, 0.05) is 7.05 Å². The molecule has 0 saturated carbocycles. The molecule has 0 radical (unpaired) electrons. The first-order chi connectivity index (χ1) is 10.7. The quantitative estimate of drug-likeness (QED) is 0.848. The van der Waals surface area contributed by atoms with Gasteiger partial charge in [-0.15, -0.1) is 0 Å². The van der Waals surface area contributed by atoms with Crippen LogP contribution in [-0.2, 0) is 0 Å². The maximum Gasteiger partial charge on any atom is 0.0733 e. The second kappa shape index (κ2) is 6.16. The van der Waals surface area contributed by atoms with E-state index in [1.54, 1.807) is 5.49 Å². The zero-order valence-electron chi connectivity index (χ0n) is 12.7. The summed E-state index contributed by atoms with van der Waals surface area (Å²) in [4.78, 5) is 2.05. The lowest BCUT2D eigenvalue weighted by Gasteiger charge is -2.28. The molecule has 22 heavy (non-hydrogen) atoms. The van der Waals surface area contributed by atoms with Gasteiger partial charge in [0.1, 0.15) is 0 Å². The van der Waals surface area contributed by atoms with Gasteiger partial charge in [-0.2, -0.15) is 0 Å². The average molecular weight is 306 g/mol. The Bertz CT molecular complexity index is 757. The molecule has 2 aromatic rings. The lowest BCUT2D eigenvalue weighted by atomic mass is 10.0. The van der Waals surface area contributed by atoms with Crippen molar-refractivity contribution >= 4 is 35.2 Å². The van der Waals surface area contributed by atoms with Gasteiger partial charge in [0.15, 0.2) is 0 Å². The largest absolute Gasteiger partial charge is 0.386 e. The molecule has 2 nitrogen and oxygen atoms in total. The van der Waals surface area contributed by atoms with E-state index in [0.717, 1.165) is 22.6 Å². The normalized spacial score (nSPS) is 15.3. The van der Waals surface area contributed by atoms with Crippen molar-refractivity contribution in [2.45, 2.75) is 6.92 Å². The Labute approximate surface area is 136 Å². The number of para-hydroxylation sites is 1. The van der Waals surface area contributed by atoms with E-state index in [4.69, 9.17) is 12.2 Å². The fourth-order valence-electron chi connectivity index (χ4n) is 2.68. The van der Waals surface area contributed by atoms with Gasteiger partial charge in [-0.25, -0.2) is 0 Å². The number of benzene rings is 2. The van der Waals surface area contributed by atoms with Crippen molar-refractivity contribution in [3.05, 3.63) is 77.0 Å². The molecule has 1 N–H and O–H groups in total. The fourth-order valence-corrected chi connectivity index (χ4v) is 2.91. The monoisotopic (exact) mass is 306 g/mol. The lowest BCUT2D eigenvalue weighted by molar-refractivity contribution is 1.09. The molecule has 110 valence electrons. The molecule has 1 heterocycles. The first-order valence-corrected chi connectivity index (χ1v) is 7.72. The van der Waals surface area contributed by atoms with Gasteiger partial charge >= 0.3 is 0 Å². The van der Waals surface area contributed by atoms with Gasteiger partial charge in [-0.1, -0.05) is 66.3 Å². The zero-order chi connectivity index (χ0) is 15.5. The summed E-state index contributed by atoms with van der Waals surface area (Å²) in [5.41, 5.74) is 8.49. The first-order valence-electron chi connectivity index (χ1n) is 7.25. The Morgan fingerprint density at radius 1 is 1.05 bits per heavy atom. The molecular weight excluding hydrogens is 288 g/mol. The number of allylic oxidation sites excluding steroid dienone is 1. The predicted molar refractivity (Wildman–Crippen MR) is 98.8 cm³/mol.